The molecule has 1 aromatic carbocycles. The van der Waals surface area contributed by atoms with Crippen LogP contribution < -0.4 is 11.3 Å². The van der Waals surface area contributed by atoms with Crippen LogP contribution in [0.3, 0.4) is 0 Å². The molecule has 0 radical (unpaired) electrons. The lowest BCUT2D eigenvalue weighted by Crippen LogP contribution is -2.41. The second-order valence-electron chi connectivity index (χ2n) is 9.47. The summed E-state index contributed by atoms with van der Waals surface area (Å²) in [5.74, 6) is -1.08. The molecule has 192 valence electrons. The van der Waals surface area contributed by atoms with Crippen LogP contribution in [0.15, 0.2) is 50.6 Å². The Morgan fingerprint density at radius 3 is 2.67 bits per heavy atom. The zero-order valence-electron chi connectivity index (χ0n) is 20.0. The highest BCUT2D eigenvalue weighted by molar-refractivity contribution is 6.42. The number of hydrogen-bond donors (Lipinski definition) is 1. The molecule has 3 heterocycles. The smallest absolute Gasteiger partial charge is 0.439 e. The number of benzene rings is 1. The van der Waals surface area contributed by atoms with E-state index in [9.17, 15) is 14.4 Å². The number of hydrogen-bond acceptors (Lipinski definition) is 7. The Kier molecular flexibility index (Phi) is 7.58. The number of aromatic nitrogens is 3. The lowest BCUT2D eigenvalue weighted by Gasteiger charge is -2.30. The van der Waals surface area contributed by atoms with Crippen LogP contribution in [-0.2, 0) is 16.0 Å². The molecule has 2 atom stereocenters. The van der Waals surface area contributed by atoms with Crippen LogP contribution in [0.5, 0.6) is 0 Å². The number of nitrogens with zero attached hydrogens (tertiary/aromatic N) is 3. The van der Waals surface area contributed by atoms with Gasteiger partial charge in [0.1, 0.15) is 5.60 Å². The number of nitrogens with one attached hydrogen (secondary N) is 1. The van der Waals surface area contributed by atoms with Crippen molar-refractivity contribution >= 4 is 29.3 Å². The first-order valence-corrected chi connectivity index (χ1v) is 12.1. The Balaban J connectivity index is 1.70. The highest BCUT2D eigenvalue weighted by Gasteiger charge is 2.34. The van der Waals surface area contributed by atoms with Gasteiger partial charge < -0.3 is 18.9 Å². The van der Waals surface area contributed by atoms with E-state index < -0.39 is 23.6 Å². The van der Waals surface area contributed by atoms with Gasteiger partial charge in [-0.25, -0.2) is 9.59 Å². The molecule has 0 spiro atoms. The van der Waals surface area contributed by atoms with Crippen LogP contribution in [-0.4, -0.2) is 51.0 Å². The fourth-order valence-electron chi connectivity index (χ4n) is 4.06. The normalized spacial score (nSPS) is 18.6. The number of halogens is 2. The number of carbonyl (C=O) groups excluding carboxylic acids is 1. The maximum atomic E-state index is 13.3. The van der Waals surface area contributed by atoms with Gasteiger partial charge in [0.05, 0.1) is 28.3 Å². The van der Waals surface area contributed by atoms with Gasteiger partial charge in [0.25, 0.3) is 5.56 Å². The molecule has 0 saturated carbocycles. The maximum Gasteiger partial charge on any atom is 0.439 e. The molecule has 36 heavy (non-hydrogen) atoms. The van der Waals surface area contributed by atoms with Crippen molar-refractivity contribution < 1.29 is 18.8 Å². The summed E-state index contributed by atoms with van der Waals surface area (Å²) in [4.78, 5) is 41.5. The van der Waals surface area contributed by atoms with E-state index in [0.717, 1.165) is 5.56 Å². The highest BCUT2D eigenvalue weighted by atomic mass is 35.5. The molecule has 0 bridgehead atoms. The van der Waals surface area contributed by atoms with Gasteiger partial charge in [0, 0.05) is 31.7 Å². The molecule has 3 aromatic rings. The minimum atomic E-state index is -0.760. The Labute approximate surface area is 216 Å². The van der Waals surface area contributed by atoms with Crippen LogP contribution in [0.25, 0.3) is 11.4 Å². The van der Waals surface area contributed by atoms with E-state index in [2.05, 4.69) is 14.7 Å². The summed E-state index contributed by atoms with van der Waals surface area (Å²) >= 11 is 12.4. The summed E-state index contributed by atoms with van der Waals surface area (Å²) in [6.45, 7) is 6.43. The van der Waals surface area contributed by atoms with E-state index in [4.69, 9.17) is 32.7 Å². The number of pyridine rings is 1. The minimum Gasteiger partial charge on any atom is -0.444 e. The molecule has 12 heteroatoms. The zero-order valence-corrected chi connectivity index (χ0v) is 21.5. The van der Waals surface area contributed by atoms with E-state index in [1.54, 1.807) is 56.1 Å². The SMILES string of the molecule is CC(C)(C)OC(=O)N1CCO[C@@H](c2ccc(Cl)c(Cl)c2)[C@H](Cn2cccc(-c3noc(=O)[nH]3)c2=O)C1. The first kappa shape index (κ1) is 26.0. The van der Waals surface area contributed by atoms with Crippen LogP contribution >= 0.6 is 23.2 Å². The third-order valence-corrected chi connectivity index (χ3v) is 6.35. The molecule has 1 saturated heterocycles. The maximum absolute atomic E-state index is 13.3. The van der Waals surface area contributed by atoms with Crippen molar-refractivity contribution in [3.8, 4) is 11.4 Å². The fourth-order valence-corrected chi connectivity index (χ4v) is 4.37. The van der Waals surface area contributed by atoms with Crippen LogP contribution in [0.4, 0.5) is 4.79 Å². The van der Waals surface area contributed by atoms with E-state index in [1.165, 1.54) is 4.57 Å². The van der Waals surface area contributed by atoms with Crippen molar-refractivity contribution in [1.82, 2.24) is 19.6 Å². The fraction of sp³-hybridized carbons (Fsp3) is 0.417. The van der Waals surface area contributed by atoms with Crippen molar-refractivity contribution in [2.75, 3.05) is 19.7 Å². The van der Waals surface area contributed by atoms with Crippen LogP contribution in [0, 0.1) is 5.92 Å². The monoisotopic (exact) mass is 536 g/mol. The summed E-state index contributed by atoms with van der Waals surface area (Å²) in [5.41, 5.74) is -0.107. The number of amides is 1. The third-order valence-electron chi connectivity index (χ3n) is 5.61. The van der Waals surface area contributed by atoms with Gasteiger partial charge in [-0.2, -0.15) is 0 Å². The summed E-state index contributed by atoms with van der Waals surface area (Å²) in [7, 11) is 0. The average molecular weight is 537 g/mol. The van der Waals surface area contributed by atoms with Gasteiger partial charge in [-0.15, -0.1) is 0 Å². The van der Waals surface area contributed by atoms with Crippen LogP contribution in [0.2, 0.25) is 10.0 Å². The molecule has 0 aliphatic carbocycles. The van der Waals surface area contributed by atoms with E-state index in [1.807, 2.05) is 6.07 Å². The van der Waals surface area contributed by atoms with Gasteiger partial charge in [-0.3, -0.25) is 14.3 Å². The number of H-pyrrole nitrogens is 1. The van der Waals surface area contributed by atoms with E-state index in [-0.39, 0.29) is 42.6 Å². The molecule has 1 amide bonds. The van der Waals surface area contributed by atoms with Gasteiger partial charge in [-0.1, -0.05) is 34.4 Å². The summed E-state index contributed by atoms with van der Waals surface area (Å²) in [6.07, 6.45) is 0.667. The molecular weight excluding hydrogens is 511 g/mol. The summed E-state index contributed by atoms with van der Waals surface area (Å²) in [5, 5.41) is 4.40. The summed E-state index contributed by atoms with van der Waals surface area (Å²) < 4.78 is 17.8. The Morgan fingerprint density at radius 1 is 1.22 bits per heavy atom. The first-order valence-electron chi connectivity index (χ1n) is 11.3. The Hall–Kier alpha value is -3.08. The van der Waals surface area contributed by atoms with Crippen molar-refractivity contribution in [2.24, 2.45) is 5.92 Å². The zero-order chi connectivity index (χ0) is 26.0. The number of aromatic amines is 1. The Morgan fingerprint density at radius 2 is 2.00 bits per heavy atom. The predicted octanol–water partition coefficient (Wildman–Crippen LogP) is 4.12. The molecule has 1 aliphatic heterocycles. The number of ether oxygens (including phenoxy) is 2. The largest absolute Gasteiger partial charge is 0.444 e. The molecule has 1 fully saturated rings. The molecule has 10 nitrogen and oxygen atoms in total. The first-order chi connectivity index (χ1) is 17.0. The molecule has 1 N–H and O–H groups in total. The highest BCUT2D eigenvalue weighted by Crippen LogP contribution is 2.34. The van der Waals surface area contributed by atoms with Crippen molar-refractivity contribution in [2.45, 2.75) is 39.0 Å². The van der Waals surface area contributed by atoms with Crippen LogP contribution in [0.1, 0.15) is 32.4 Å². The molecule has 4 rings (SSSR count). The summed E-state index contributed by atoms with van der Waals surface area (Å²) in [6, 6.07) is 8.43. The molecule has 0 unspecified atom stereocenters. The van der Waals surface area contributed by atoms with Gasteiger partial charge in [0.2, 0.25) is 0 Å². The Bertz CT molecular complexity index is 1360. The van der Waals surface area contributed by atoms with Crippen molar-refractivity contribution in [3.63, 3.8) is 0 Å². The quantitative estimate of drug-likeness (QED) is 0.532. The predicted molar refractivity (Wildman–Crippen MR) is 133 cm³/mol. The lowest BCUT2D eigenvalue weighted by atomic mass is 9.94. The van der Waals surface area contributed by atoms with Gasteiger partial charge in [0.15, 0.2) is 5.82 Å². The van der Waals surface area contributed by atoms with Crippen molar-refractivity contribution in [1.29, 1.82) is 0 Å². The molecule has 1 aliphatic rings. The number of rotatable bonds is 4. The molecular formula is C24H26Cl2N4O6. The van der Waals surface area contributed by atoms with Crippen molar-refractivity contribution in [3.05, 3.63) is 73.0 Å². The average Bonchev–Trinajstić information content (AvgIpc) is 3.11. The molecule has 2 aromatic heterocycles. The van der Waals surface area contributed by atoms with E-state index >= 15 is 0 Å². The standard InChI is InChI=1S/C24H26Cl2N4O6/c1-24(2,3)35-23(33)30-9-10-34-19(14-6-7-17(25)18(26)11-14)15(13-30)12-29-8-4-5-16(21(29)31)20-27-22(32)36-28-20/h4-8,11,15,19H,9-10,12-13H2,1-3H3,(H,27,28,32)/t15-,19+/m1/s1. The van der Waals surface area contributed by atoms with E-state index in [0.29, 0.717) is 16.6 Å². The second kappa shape index (κ2) is 10.5. The van der Waals surface area contributed by atoms with Gasteiger partial charge in [-0.05, 0) is 50.6 Å². The third kappa shape index (κ3) is 6.00. The number of carbonyl (C=O) groups is 1. The second-order valence-corrected chi connectivity index (χ2v) is 10.3. The lowest BCUT2D eigenvalue weighted by molar-refractivity contribution is 0.0231. The topological polar surface area (TPSA) is 120 Å². The minimum absolute atomic E-state index is 0.0351. The van der Waals surface area contributed by atoms with Gasteiger partial charge >= 0.3 is 11.8 Å².